The van der Waals surface area contributed by atoms with Crippen molar-refractivity contribution in [2.75, 3.05) is 46.6 Å². The van der Waals surface area contributed by atoms with Crippen molar-refractivity contribution in [1.29, 1.82) is 0 Å². The van der Waals surface area contributed by atoms with Crippen LogP contribution in [0.3, 0.4) is 0 Å². The van der Waals surface area contributed by atoms with Crippen molar-refractivity contribution in [3.63, 3.8) is 0 Å². The Bertz CT molecular complexity index is 779. The number of methoxy groups -OCH3 is 1. The standard InChI is InChI=1S/C19H29ClN2O6S/c1-14-12-22(13-15(2)28-14)29(24,25)18-11-16(5-6-17(18)20)19(23)21-7-4-8-27-10-9-26-3/h5-6,11,14-15H,4,7-10,12-13H2,1-3H3,(H,21,23). The fraction of sp³-hybridized carbons (Fsp3) is 0.632. The summed E-state index contributed by atoms with van der Waals surface area (Å²) in [4.78, 5) is 12.3. The molecule has 0 aromatic heterocycles. The summed E-state index contributed by atoms with van der Waals surface area (Å²) < 4.78 is 43.4. The molecule has 1 fully saturated rings. The first kappa shape index (κ1) is 24.0. The first-order valence-corrected chi connectivity index (χ1v) is 11.4. The van der Waals surface area contributed by atoms with Gasteiger partial charge in [0.25, 0.3) is 5.91 Å². The molecule has 1 aliphatic rings. The molecule has 1 heterocycles. The number of rotatable bonds is 10. The maximum atomic E-state index is 13.1. The van der Waals surface area contributed by atoms with Gasteiger partial charge in [-0.15, -0.1) is 0 Å². The molecule has 0 aliphatic carbocycles. The molecule has 1 amide bonds. The minimum Gasteiger partial charge on any atom is -0.382 e. The number of hydrogen-bond acceptors (Lipinski definition) is 6. The van der Waals surface area contributed by atoms with Crippen molar-refractivity contribution in [1.82, 2.24) is 9.62 Å². The topological polar surface area (TPSA) is 94.2 Å². The molecule has 0 spiro atoms. The number of halogens is 1. The van der Waals surface area contributed by atoms with Gasteiger partial charge >= 0.3 is 0 Å². The van der Waals surface area contributed by atoms with Gasteiger partial charge in [0.05, 0.1) is 30.4 Å². The number of nitrogens with one attached hydrogen (secondary N) is 1. The van der Waals surface area contributed by atoms with Gasteiger partial charge in [-0.2, -0.15) is 4.31 Å². The third kappa shape index (κ3) is 6.91. The van der Waals surface area contributed by atoms with E-state index in [-0.39, 0.29) is 46.7 Å². The molecule has 1 aliphatic heterocycles. The summed E-state index contributed by atoms with van der Waals surface area (Å²) in [5, 5.41) is 2.84. The lowest BCUT2D eigenvalue weighted by Gasteiger charge is -2.34. The largest absolute Gasteiger partial charge is 0.382 e. The molecule has 1 saturated heterocycles. The third-order valence-corrected chi connectivity index (χ3v) is 6.69. The lowest BCUT2D eigenvalue weighted by atomic mass is 10.2. The number of amides is 1. The monoisotopic (exact) mass is 448 g/mol. The van der Waals surface area contributed by atoms with E-state index in [4.69, 9.17) is 25.8 Å². The number of morpholine rings is 1. The van der Waals surface area contributed by atoms with E-state index in [0.717, 1.165) is 0 Å². The number of sulfonamides is 1. The molecule has 10 heteroatoms. The maximum Gasteiger partial charge on any atom is 0.251 e. The minimum absolute atomic E-state index is 0.0731. The van der Waals surface area contributed by atoms with E-state index in [1.807, 2.05) is 13.8 Å². The highest BCUT2D eigenvalue weighted by atomic mass is 35.5. The second-order valence-corrected chi connectivity index (χ2v) is 9.25. The van der Waals surface area contributed by atoms with Crippen molar-refractivity contribution < 1.29 is 27.4 Å². The average Bonchev–Trinajstić information content (AvgIpc) is 2.66. The molecule has 29 heavy (non-hydrogen) atoms. The van der Waals surface area contributed by atoms with Crippen LogP contribution in [0.1, 0.15) is 30.6 Å². The zero-order valence-corrected chi connectivity index (χ0v) is 18.6. The van der Waals surface area contributed by atoms with Crippen LogP contribution in [0.4, 0.5) is 0 Å². The summed E-state index contributed by atoms with van der Waals surface area (Å²) in [6, 6.07) is 4.27. The SMILES string of the molecule is COCCOCCCNC(=O)c1ccc(Cl)c(S(=O)(=O)N2CC(C)OC(C)C2)c1. The lowest BCUT2D eigenvalue weighted by molar-refractivity contribution is -0.0440. The van der Waals surface area contributed by atoms with Gasteiger partial charge in [-0.1, -0.05) is 11.6 Å². The van der Waals surface area contributed by atoms with Crippen molar-refractivity contribution in [3.05, 3.63) is 28.8 Å². The van der Waals surface area contributed by atoms with Crippen molar-refractivity contribution >= 4 is 27.5 Å². The van der Waals surface area contributed by atoms with Gasteiger partial charge in [0.1, 0.15) is 4.90 Å². The number of carbonyl (C=O) groups is 1. The summed E-state index contributed by atoms with van der Waals surface area (Å²) in [5.41, 5.74) is 0.239. The Morgan fingerprint density at radius 3 is 2.59 bits per heavy atom. The predicted octanol–water partition coefficient (Wildman–Crippen LogP) is 1.92. The third-order valence-electron chi connectivity index (χ3n) is 4.38. The highest BCUT2D eigenvalue weighted by Gasteiger charge is 2.33. The number of nitrogens with zero attached hydrogens (tertiary/aromatic N) is 1. The quantitative estimate of drug-likeness (QED) is 0.549. The smallest absolute Gasteiger partial charge is 0.251 e. The summed E-state index contributed by atoms with van der Waals surface area (Å²) >= 11 is 6.17. The first-order valence-electron chi connectivity index (χ1n) is 9.55. The summed E-state index contributed by atoms with van der Waals surface area (Å²) in [6.45, 7) is 6.05. The van der Waals surface area contributed by atoms with Gasteiger partial charge in [-0.3, -0.25) is 4.79 Å². The first-order chi connectivity index (χ1) is 13.8. The van der Waals surface area contributed by atoms with Crippen LogP contribution in [-0.4, -0.2) is 77.4 Å². The lowest BCUT2D eigenvalue weighted by Crippen LogP contribution is -2.48. The van der Waals surface area contributed by atoms with E-state index < -0.39 is 10.0 Å². The number of benzene rings is 1. The second kappa shape index (κ2) is 11.2. The van der Waals surface area contributed by atoms with Crippen molar-refractivity contribution in [2.45, 2.75) is 37.4 Å². The van der Waals surface area contributed by atoms with Crippen LogP contribution in [0.25, 0.3) is 0 Å². The zero-order chi connectivity index (χ0) is 21.4. The van der Waals surface area contributed by atoms with E-state index in [2.05, 4.69) is 5.32 Å². The molecule has 2 rings (SSSR count). The normalized spacial score (nSPS) is 20.6. The van der Waals surface area contributed by atoms with Gasteiger partial charge in [0.2, 0.25) is 10.0 Å². The van der Waals surface area contributed by atoms with Crippen LogP contribution in [0, 0.1) is 0 Å². The zero-order valence-electron chi connectivity index (χ0n) is 17.0. The Balaban J connectivity index is 2.02. The molecule has 2 atom stereocenters. The average molecular weight is 449 g/mol. The molecular formula is C19H29ClN2O6S. The van der Waals surface area contributed by atoms with Gasteiger partial charge < -0.3 is 19.5 Å². The summed E-state index contributed by atoms with van der Waals surface area (Å²) in [6.07, 6.45) is 0.201. The van der Waals surface area contributed by atoms with Crippen LogP contribution < -0.4 is 5.32 Å². The Hall–Kier alpha value is -1.23. The molecule has 0 saturated carbocycles. The molecule has 1 N–H and O–H groups in total. The molecule has 0 bridgehead atoms. The number of hydrogen-bond donors (Lipinski definition) is 1. The number of carbonyl (C=O) groups excluding carboxylic acids is 1. The maximum absolute atomic E-state index is 13.1. The Labute approximate surface area is 177 Å². The van der Waals surface area contributed by atoms with E-state index >= 15 is 0 Å². The van der Waals surface area contributed by atoms with E-state index in [1.165, 1.54) is 22.5 Å². The van der Waals surface area contributed by atoms with Crippen LogP contribution in [-0.2, 0) is 24.2 Å². The molecule has 2 unspecified atom stereocenters. The molecule has 1 aromatic carbocycles. The van der Waals surface area contributed by atoms with Crippen LogP contribution in [0.15, 0.2) is 23.1 Å². The van der Waals surface area contributed by atoms with E-state index in [9.17, 15) is 13.2 Å². The van der Waals surface area contributed by atoms with Gasteiger partial charge in [0, 0.05) is 38.9 Å². The van der Waals surface area contributed by atoms with Crippen molar-refractivity contribution in [3.8, 4) is 0 Å². The van der Waals surface area contributed by atoms with Gasteiger partial charge in [0.15, 0.2) is 0 Å². The molecule has 8 nitrogen and oxygen atoms in total. The van der Waals surface area contributed by atoms with E-state index in [0.29, 0.717) is 32.8 Å². The molecule has 0 radical (unpaired) electrons. The molecule has 1 aromatic rings. The fourth-order valence-electron chi connectivity index (χ4n) is 3.03. The van der Waals surface area contributed by atoms with Crippen LogP contribution in [0.2, 0.25) is 5.02 Å². The van der Waals surface area contributed by atoms with Gasteiger partial charge in [-0.05, 0) is 38.5 Å². The number of ether oxygens (including phenoxy) is 3. The summed E-state index contributed by atoms with van der Waals surface area (Å²) in [5.74, 6) is -0.362. The van der Waals surface area contributed by atoms with Crippen LogP contribution in [0.5, 0.6) is 0 Å². The van der Waals surface area contributed by atoms with Crippen molar-refractivity contribution in [2.24, 2.45) is 0 Å². The molecule has 164 valence electrons. The highest BCUT2D eigenvalue weighted by Crippen LogP contribution is 2.28. The second-order valence-electron chi connectivity index (χ2n) is 6.94. The molecular weight excluding hydrogens is 420 g/mol. The Kier molecular flexibility index (Phi) is 9.32. The van der Waals surface area contributed by atoms with E-state index in [1.54, 1.807) is 7.11 Å². The fourth-order valence-corrected chi connectivity index (χ4v) is 5.12. The van der Waals surface area contributed by atoms with Crippen LogP contribution >= 0.6 is 11.6 Å². The van der Waals surface area contributed by atoms with Gasteiger partial charge in [-0.25, -0.2) is 8.42 Å². The summed E-state index contributed by atoms with van der Waals surface area (Å²) in [7, 11) is -2.24. The predicted molar refractivity (Wildman–Crippen MR) is 110 cm³/mol. The Morgan fingerprint density at radius 2 is 1.93 bits per heavy atom. The highest BCUT2D eigenvalue weighted by molar-refractivity contribution is 7.89. The Morgan fingerprint density at radius 1 is 1.24 bits per heavy atom. The minimum atomic E-state index is -3.84.